The van der Waals surface area contributed by atoms with Gasteiger partial charge in [0.2, 0.25) is 5.71 Å². The van der Waals surface area contributed by atoms with Crippen LogP contribution in [0.2, 0.25) is 0 Å². The second-order valence-corrected chi connectivity index (χ2v) is 6.54. The minimum atomic E-state index is 0.684. The van der Waals surface area contributed by atoms with Crippen molar-refractivity contribution in [1.29, 1.82) is 0 Å². The van der Waals surface area contributed by atoms with Crippen LogP contribution in [0.15, 0.2) is 58.3 Å². The topological polar surface area (TPSA) is 38.9 Å². The van der Waals surface area contributed by atoms with E-state index < -0.39 is 0 Å². The fourth-order valence-electron chi connectivity index (χ4n) is 2.98. The summed E-state index contributed by atoms with van der Waals surface area (Å²) in [5.41, 5.74) is 5.45. The first-order valence-electron chi connectivity index (χ1n) is 7.43. The number of hydrogen-bond donors (Lipinski definition) is 0. The zero-order chi connectivity index (χ0) is 15.4. The summed E-state index contributed by atoms with van der Waals surface area (Å²) in [4.78, 5) is 9.28. The third-order valence-corrected chi connectivity index (χ3v) is 4.96. The average Bonchev–Trinajstić information content (AvgIpc) is 3.17. The first-order chi connectivity index (χ1) is 11.3. The van der Waals surface area contributed by atoms with Crippen LogP contribution in [0.25, 0.3) is 43.5 Å². The zero-order valence-electron chi connectivity index (χ0n) is 12.4. The number of aromatic nitrogens is 2. The summed E-state index contributed by atoms with van der Waals surface area (Å²) < 4.78 is 7.26. The van der Waals surface area contributed by atoms with E-state index in [1.54, 1.807) is 11.3 Å². The van der Waals surface area contributed by atoms with Crippen LogP contribution >= 0.6 is 11.3 Å². The predicted molar refractivity (Wildman–Crippen MR) is 94.9 cm³/mol. The molecular formula is C19H12N2OS. The third kappa shape index (κ3) is 1.88. The highest BCUT2D eigenvalue weighted by atomic mass is 32.1. The minimum absolute atomic E-state index is 0.684. The van der Waals surface area contributed by atoms with Crippen molar-refractivity contribution in [3.05, 3.63) is 59.6 Å². The Balaban J connectivity index is 1.85. The molecule has 3 nitrogen and oxygen atoms in total. The van der Waals surface area contributed by atoms with Gasteiger partial charge in [-0.1, -0.05) is 12.1 Å². The molecule has 110 valence electrons. The highest BCUT2D eigenvalue weighted by Gasteiger charge is 2.14. The van der Waals surface area contributed by atoms with Crippen molar-refractivity contribution >= 4 is 43.6 Å². The molecule has 23 heavy (non-hydrogen) atoms. The van der Waals surface area contributed by atoms with E-state index in [-0.39, 0.29) is 0 Å². The average molecular weight is 316 g/mol. The number of rotatable bonds is 1. The van der Waals surface area contributed by atoms with Gasteiger partial charge in [0.15, 0.2) is 0 Å². The number of furan rings is 1. The molecule has 0 amide bonds. The lowest BCUT2D eigenvalue weighted by molar-refractivity contribution is 0.653. The van der Waals surface area contributed by atoms with E-state index in [1.807, 2.05) is 25.1 Å². The van der Waals surface area contributed by atoms with E-state index in [0.29, 0.717) is 5.71 Å². The Kier molecular flexibility index (Phi) is 2.58. The summed E-state index contributed by atoms with van der Waals surface area (Å²) in [7, 11) is 0. The lowest BCUT2D eigenvalue weighted by atomic mass is 10.1. The Labute approximate surface area is 136 Å². The van der Waals surface area contributed by atoms with Gasteiger partial charge in [0.25, 0.3) is 0 Å². The lowest BCUT2D eigenvalue weighted by Crippen LogP contribution is -1.83. The van der Waals surface area contributed by atoms with Gasteiger partial charge in [-0.05, 0) is 48.7 Å². The molecule has 4 heterocycles. The van der Waals surface area contributed by atoms with E-state index >= 15 is 0 Å². The monoisotopic (exact) mass is 316 g/mol. The zero-order valence-corrected chi connectivity index (χ0v) is 13.2. The lowest BCUT2D eigenvalue weighted by Gasteiger charge is -2.02. The quantitative estimate of drug-likeness (QED) is 0.406. The fourth-order valence-corrected chi connectivity index (χ4v) is 3.70. The van der Waals surface area contributed by atoms with Gasteiger partial charge in [0.05, 0.1) is 15.9 Å². The maximum absolute atomic E-state index is 6.06. The van der Waals surface area contributed by atoms with Gasteiger partial charge in [-0.25, -0.2) is 9.97 Å². The van der Waals surface area contributed by atoms with Crippen LogP contribution in [0.3, 0.4) is 0 Å². The summed E-state index contributed by atoms with van der Waals surface area (Å²) in [6.45, 7) is 1.97. The van der Waals surface area contributed by atoms with Crippen molar-refractivity contribution in [1.82, 2.24) is 9.97 Å². The molecule has 0 spiro atoms. The van der Waals surface area contributed by atoms with Gasteiger partial charge in [-0.3, -0.25) is 0 Å². The molecule has 0 radical (unpaired) electrons. The van der Waals surface area contributed by atoms with Crippen LogP contribution in [0.4, 0.5) is 0 Å². The molecule has 0 saturated heterocycles. The largest absolute Gasteiger partial charge is 0.437 e. The number of nitrogens with zero attached hydrogens (tertiary/aromatic N) is 2. The first kappa shape index (κ1) is 12.8. The standard InChI is InChI=1S/C19H12N2OS/c1-11-5-6-13-12-3-2-4-14(18(12)22-19(13)20-11)15-7-8-17-16(21-15)9-10-23-17/h2-10H,1H3. The number of benzene rings is 1. The van der Waals surface area contributed by atoms with Gasteiger partial charge in [0.1, 0.15) is 5.58 Å². The highest BCUT2D eigenvalue weighted by molar-refractivity contribution is 7.17. The Hall–Kier alpha value is -2.72. The van der Waals surface area contributed by atoms with Crippen molar-refractivity contribution in [2.75, 3.05) is 0 Å². The van der Waals surface area contributed by atoms with E-state index in [2.05, 4.69) is 40.7 Å². The van der Waals surface area contributed by atoms with E-state index in [9.17, 15) is 0 Å². The summed E-state index contributed by atoms with van der Waals surface area (Å²) in [5, 5.41) is 4.19. The van der Waals surface area contributed by atoms with Gasteiger partial charge in [-0.2, -0.15) is 0 Å². The molecule has 0 fully saturated rings. The molecule has 4 heteroatoms. The highest BCUT2D eigenvalue weighted by Crippen LogP contribution is 2.35. The molecule has 5 aromatic rings. The van der Waals surface area contributed by atoms with Gasteiger partial charge in [-0.15, -0.1) is 11.3 Å². The summed E-state index contributed by atoms with van der Waals surface area (Å²) in [6.07, 6.45) is 0. The molecule has 4 aromatic heterocycles. The Morgan fingerprint density at radius 2 is 1.87 bits per heavy atom. The maximum atomic E-state index is 6.06. The molecule has 0 bridgehead atoms. The third-order valence-electron chi connectivity index (χ3n) is 4.09. The Bertz CT molecular complexity index is 1190. The SMILES string of the molecule is Cc1ccc2c(n1)oc1c(-c3ccc4sccc4n3)cccc12. The van der Waals surface area contributed by atoms with Crippen molar-refractivity contribution in [3.63, 3.8) is 0 Å². The predicted octanol–water partition coefficient (Wildman–Crippen LogP) is 5.57. The summed E-state index contributed by atoms with van der Waals surface area (Å²) in [5.74, 6) is 0. The van der Waals surface area contributed by atoms with Gasteiger partial charge in [0, 0.05) is 22.0 Å². The number of pyridine rings is 2. The Morgan fingerprint density at radius 3 is 2.83 bits per heavy atom. The molecule has 0 aliphatic carbocycles. The maximum Gasteiger partial charge on any atom is 0.227 e. The smallest absolute Gasteiger partial charge is 0.227 e. The van der Waals surface area contributed by atoms with E-state index in [0.717, 1.165) is 38.8 Å². The molecule has 0 saturated carbocycles. The molecule has 5 rings (SSSR count). The summed E-state index contributed by atoms with van der Waals surface area (Å²) >= 11 is 1.70. The van der Waals surface area contributed by atoms with Crippen molar-refractivity contribution in [2.24, 2.45) is 0 Å². The molecule has 0 N–H and O–H groups in total. The van der Waals surface area contributed by atoms with Crippen LogP contribution in [0.5, 0.6) is 0 Å². The van der Waals surface area contributed by atoms with Crippen LogP contribution in [0.1, 0.15) is 5.69 Å². The fraction of sp³-hybridized carbons (Fsp3) is 0.0526. The number of fused-ring (bicyclic) bond motifs is 4. The number of para-hydroxylation sites is 1. The Morgan fingerprint density at radius 1 is 0.913 bits per heavy atom. The van der Waals surface area contributed by atoms with Crippen molar-refractivity contribution in [2.45, 2.75) is 6.92 Å². The van der Waals surface area contributed by atoms with Crippen LogP contribution < -0.4 is 0 Å². The first-order valence-corrected chi connectivity index (χ1v) is 8.31. The normalized spacial score (nSPS) is 11.7. The minimum Gasteiger partial charge on any atom is -0.437 e. The number of thiophene rings is 1. The van der Waals surface area contributed by atoms with Crippen LogP contribution in [-0.2, 0) is 0 Å². The second-order valence-electron chi connectivity index (χ2n) is 5.59. The number of hydrogen-bond acceptors (Lipinski definition) is 4. The van der Waals surface area contributed by atoms with Crippen LogP contribution in [0, 0.1) is 6.92 Å². The molecule has 1 aromatic carbocycles. The van der Waals surface area contributed by atoms with Crippen molar-refractivity contribution in [3.8, 4) is 11.3 Å². The molecule has 0 aliphatic heterocycles. The molecular weight excluding hydrogens is 304 g/mol. The summed E-state index contributed by atoms with van der Waals surface area (Å²) in [6, 6.07) is 16.5. The van der Waals surface area contributed by atoms with E-state index in [4.69, 9.17) is 9.40 Å². The van der Waals surface area contributed by atoms with Crippen molar-refractivity contribution < 1.29 is 4.42 Å². The van der Waals surface area contributed by atoms with Crippen LogP contribution in [-0.4, -0.2) is 9.97 Å². The van der Waals surface area contributed by atoms with E-state index in [1.165, 1.54) is 4.70 Å². The molecule has 0 unspecified atom stereocenters. The number of aryl methyl sites for hydroxylation is 1. The molecule has 0 aliphatic rings. The molecule has 0 atom stereocenters. The second kappa shape index (κ2) is 4.64. The van der Waals surface area contributed by atoms with Gasteiger partial charge >= 0.3 is 0 Å². The van der Waals surface area contributed by atoms with Gasteiger partial charge < -0.3 is 4.42 Å².